The molecule has 1 atom stereocenters. The predicted molar refractivity (Wildman–Crippen MR) is 82.2 cm³/mol. The molecule has 1 N–H and O–H groups in total. The standard InChI is InChI=1S/C15H28O3S/c1-6-9-15(10-7-2,19-11-8-3)14(17)18-13(16)12(4)5/h14,17H,4,6-11H2,1-3,5H3. The summed E-state index contributed by atoms with van der Waals surface area (Å²) in [5.41, 5.74) is 0.321. The molecular weight excluding hydrogens is 260 g/mol. The summed E-state index contributed by atoms with van der Waals surface area (Å²) < 4.78 is 4.79. The third-order valence-electron chi connectivity index (χ3n) is 2.96. The third-order valence-corrected chi connectivity index (χ3v) is 4.75. The zero-order valence-electron chi connectivity index (χ0n) is 12.7. The van der Waals surface area contributed by atoms with Crippen LogP contribution in [0.15, 0.2) is 12.2 Å². The average Bonchev–Trinajstić information content (AvgIpc) is 2.36. The Balaban J connectivity index is 4.94. The van der Waals surface area contributed by atoms with Crippen LogP contribution in [0.4, 0.5) is 0 Å². The Morgan fingerprint density at radius 3 is 2.16 bits per heavy atom. The molecule has 0 bridgehead atoms. The molecule has 19 heavy (non-hydrogen) atoms. The number of hydrogen-bond acceptors (Lipinski definition) is 4. The van der Waals surface area contributed by atoms with E-state index in [-0.39, 0.29) is 4.75 Å². The molecule has 3 nitrogen and oxygen atoms in total. The summed E-state index contributed by atoms with van der Waals surface area (Å²) in [6.45, 7) is 11.4. The van der Waals surface area contributed by atoms with Gasteiger partial charge in [-0.25, -0.2) is 4.79 Å². The molecule has 0 aliphatic carbocycles. The Kier molecular flexibility index (Phi) is 9.19. The molecule has 0 radical (unpaired) electrons. The number of ether oxygens (including phenoxy) is 1. The van der Waals surface area contributed by atoms with E-state index < -0.39 is 12.3 Å². The predicted octanol–water partition coefficient (Wildman–Crippen LogP) is 3.91. The number of carbonyl (C=O) groups excluding carboxylic acids is 1. The van der Waals surface area contributed by atoms with Crippen LogP contribution in [0.3, 0.4) is 0 Å². The van der Waals surface area contributed by atoms with Gasteiger partial charge in [0.2, 0.25) is 6.29 Å². The van der Waals surface area contributed by atoms with Crippen LogP contribution in [0.5, 0.6) is 0 Å². The topological polar surface area (TPSA) is 46.5 Å². The van der Waals surface area contributed by atoms with Crippen molar-refractivity contribution in [1.29, 1.82) is 0 Å². The second-order valence-electron chi connectivity index (χ2n) is 4.95. The summed E-state index contributed by atoms with van der Waals surface area (Å²) in [5, 5.41) is 10.4. The second kappa shape index (κ2) is 9.43. The van der Waals surface area contributed by atoms with Crippen molar-refractivity contribution < 1.29 is 14.6 Å². The molecule has 0 heterocycles. The molecular formula is C15H28O3S. The highest BCUT2D eigenvalue weighted by atomic mass is 32.2. The van der Waals surface area contributed by atoms with Crippen molar-refractivity contribution in [2.45, 2.75) is 70.8 Å². The van der Waals surface area contributed by atoms with Crippen LogP contribution in [-0.2, 0) is 9.53 Å². The van der Waals surface area contributed by atoms with E-state index in [9.17, 15) is 9.90 Å². The molecule has 112 valence electrons. The molecule has 0 aromatic carbocycles. The first-order chi connectivity index (χ1) is 8.93. The molecule has 0 aliphatic rings. The van der Waals surface area contributed by atoms with E-state index in [0.29, 0.717) is 5.57 Å². The number of hydrogen-bond donors (Lipinski definition) is 1. The molecule has 0 aliphatic heterocycles. The second-order valence-corrected chi connectivity index (χ2v) is 6.46. The Hall–Kier alpha value is -0.480. The zero-order chi connectivity index (χ0) is 14.9. The van der Waals surface area contributed by atoms with E-state index in [0.717, 1.165) is 37.9 Å². The summed E-state index contributed by atoms with van der Waals surface area (Å²) in [7, 11) is 0. The summed E-state index contributed by atoms with van der Waals surface area (Å²) in [6.07, 6.45) is 3.58. The van der Waals surface area contributed by atoms with E-state index in [1.54, 1.807) is 18.7 Å². The van der Waals surface area contributed by atoms with Gasteiger partial charge >= 0.3 is 5.97 Å². The Bertz CT molecular complexity index is 283. The lowest BCUT2D eigenvalue weighted by Crippen LogP contribution is -2.42. The Morgan fingerprint density at radius 2 is 1.79 bits per heavy atom. The van der Waals surface area contributed by atoms with Crippen LogP contribution in [0, 0.1) is 0 Å². The van der Waals surface area contributed by atoms with Gasteiger partial charge in [-0.1, -0.05) is 40.2 Å². The smallest absolute Gasteiger partial charge is 0.335 e. The Morgan fingerprint density at radius 1 is 1.26 bits per heavy atom. The van der Waals surface area contributed by atoms with Crippen molar-refractivity contribution in [3.05, 3.63) is 12.2 Å². The van der Waals surface area contributed by atoms with E-state index in [4.69, 9.17) is 4.74 Å². The molecule has 1 unspecified atom stereocenters. The SMILES string of the molecule is C=C(C)C(=O)OC(O)C(CCC)(CCC)SCCC. The summed E-state index contributed by atoms with van der Waals surface area (Å²) >= 11 is 1.72. The maximum atomic E-state index is 11.6. The van der Waals surface area contributed by atoms with Crippen LogP contribution in [0.25, 0.3) is 0 Å². The molecule has 0 aromatic heterocycles. The first kappa shape index (κ1) is 18.5. The first-order valence-electron chi connectivity index (χ1n) is 7.12. The molecule has 0 aromatic rings. The largest absolute Gasteiger partial charge is 0.431 e. The van der Waals surface area contributed by atoms with Crippen molar-refractivity contribution in [1.82, 2.24) is 0 Å². The molecule has 0 saturated heterocycles. The van der Waals surface area contributed by atoms with Gasteiger partial charge in [0.1, 0.15) is 0 Å². The van der Waals surface area contributed by atoms with Crippen molar-refractivity contribution in [3.8, 4) is 0 Å². The monoisotopic (exact) mass is 288 g/mol. The highest BCUT2D eigenvalue weighted by molar-refractivity contribution is 8.00. The number of carbonyl (C=O) groups is 1. The van der Waals surface area contributed by atoms with Crippen molar-refractivity contribution >= 4 is 17.7 Å². The van der Waals surface area contributed by atoms with Crippen LogP contribution in [-0.4, -0.2) is 27.9 Å². The van der Waals surface area contributed by atoms with Crippen LogP contribution < -0.4 is 0 Å². The lowest BCUT2D eigenvalue weighted by atomic mass is 9.96. The van der Waals surface area contributed by atoms with E-state index in [2.05, 4.69) is 27.4 Å². The average molecular weight is 288 g/mol. The summed E-state index contributed by atoms with van der Waals surface area (Å²) in [5.74, 6) is 0.447. The molecule has 4 heteroatoms. The van der Waals surface area contributed by atoms with Gasteiger partial charge in [-0.05, 0) is 31.9 Å². The van der Waals surface area contributed by atoms with Crippen LogP contribution >= 0.6 is 11.8 Å². The van der Waals surface area contributed by atoms with Gasteiger partial charge in [0.05, 0.1) is 4.75 Å². The molecule has 0 rings (SSSR count). The van der Waals surface area contributed by atoms with Gasteiger partial charge in [0.25, 0.3) is 0 Å². The fourth-order valence-electron chi connectivity index (χ4n) is 2.05. The summed E-state index contributed by atoms with van der Waals surface area (Å²) in [6, 6.07) is 0. The highest BCUT2D eigenvalue weighted by Crippen LogP contribution is 2.39. The van der Waals surface area contributed by atoms with Gasteiger partial charge < -0.3 is 9.84 Å². The van der Waals surface area contributed by atoms with E-state index >= 15 is 0 Å². The van der Waals surface area contributed by atoms with Crippen molar-refractivity contribution in [2.75, 3.05) is 5.75 Å². The fourth-order valence-corrected chi connectivity index (χ4v) is 3.55. The number of aliphatic hydroxyl groups excluding tert-OH is 1. The lowest BCUT2D eigenvalue weighted by Gasteiger charge is -2.36. The minimum Gasteiger partial charge on any atom is -0.431 e. The van der Waals surface area contributed by atoms with Gasteiger partial charge in [-0.3, -0.25) is 0 Å². The minimum atomic E-state index is -1.06. The number of rotatable bonds is 10. The van der Waals surface area contributed by atoms with Gasteiger partial charge in [-0.2, -0.15) is 0 Å². The quantitative estimate of drug-likeness (QED) is 0.376. The molecule has 0 spiro atoms. The van der Waals surface area contributed by atoms with Gasteiger partial charge in [0, 0.05) is 5.57 Å². The Labute approximate surface area is 121 Å². The van der Waals surface area contributed by atoms with Gasteiger partial charge in [-0.15, -0.1) is 11.8 Å². The van der Waals surface area contributed by atoms with E-state index in [1.807, 2.05) is 0 Å². The maximum Gasteiger partial charge on any atom is 0.335 e. The van der Waals surface area contributed by atoms with Crippen molar-refractivity contribution in [3.63, 3.8) is 0 Å². The maximum absolute atomic E-state index is 11.6. The molecule has 0 saturated carbocycles. The molecule has 0 amide bonds. The zero-order valence-corrected chi connectivity index (χ0v) is 13.5. The summed E-state index contributed by atoms with van der Waals surface area (Å²) in [4.78, 5) is 11.6. The normalized spacial score (nSPS) is 13.1. The lowest BCUT2D eigenvalue weighted by molar-refractivity contribution is -0.169. The fraction of sp³-hybridized carbons (Fsp3) is 0.800. The third kappa shape index (κ3) is 6.00. The number of thioether (sulfide) groups is 1. The minimum absolute atomic E-state index is 0.321. The highest BCUT2D eigenvalue weighted by Gasteiger charge is 2.39. The first-order valence-corrected chi connectivity index (χ1v) is 8.10. The number of esters is 1. The number of aliphatic hydroxyl groups is 1. The molecule has 0 fully saturated rings. The van der Waals surface area contributed by atoms with Crippen molar-refractivity contribution in [2.24, 2.45) is 0 Å². The van der Waals surface area contributed by atoms with E-state index in [1.165, 1.54) is 0 Å². The van der Waals surface area contributed by atoms with Crippen LogP contribution in [0.2, 0.25) is 0 Å². The van der Waals surface area contributed by atoms with Gasteiger partial charge in [0.15, 0.2) is 0 Å². The van der Waals surface area contributed by atoms with Crippen LogP contribution in [0.1, 0.15) is 59.8 Å².